The van der Waals surface area contributed by atoms with E-state index in [1.54, 1.807) is 18.2 Å². The number of urea groups is 1. The highest BCUT2D eigenvalue weighted by atomic mass is 35.5. The second kappa shape index (κ2) is 5.53. The summed E-state index contributed by atoms with van der Waals surface area (Å²) >= 11 is 5.85. The van der Waals surface area contributed by atoms with Gasteiger partial charge in [0.25, 0.3) is 5.56 Å². The number of rotatable bonds is 2. The fourth-order valence-corrected chi connectivity index (χ4v) is 1.58. The van der Waals surface area contributed by atoms with Crippen molar-refractivity contribution in [3.63, 3.8) is 0 Å². The fraction of sp³-hybridized carbons (Fsp3) is 0.0833. The predicted octanol–water partition coefficient (Wildman–Crippen LogP) is 2.38. The molecular weight excluding hydrogens is 268 g/mol. The second-order valence-electron chi connectivity index (χ2n) is 3.84. The minimum absolute atomic E-state index is 0.247. The minimum Gasteiger partial charge on any atom is -0.307 e. The number of amides is 2. The smallest absolute Gasteiger partial charge is 0.307 e. The van der Waals surface area contributed by atoms with Gasteiger partial charge in [-0.1, -0.05) is 17.7 Å². The molecule has 0 saturated carbocycles. The number of halogens is 1. The van der Waals surface area contributed by atoms with Crippen LogP contribution >= 0.6 is 11.6 Å². The third kappa shape index (κ3) is 3.56. The highest BCUT2D eigenvalue weighted by Gasteiger charge is 2.06. The average molecular weight is 279 g/mol. The van der Waals surface area contributed by atoms with E-state index in [0.29, 0.717) is 10.7 Å². The van der Waals surface area contributed by atoms with Crippen molar-refractivity contribution in [3.8, 4) is 0 Å². The Morgan fingerprint density at radius 3 is 2.74 bits per heavy atom. The van der Waals surface area contributed by atoms with Gasteiger partial charge in [0.2, 0.25) is 0 Å². The van der Waals surface area contributed by atoms with Crippen LogP contribution in [0.3, 0.4) is 0 Å². The van der Waals surface area contributed by atoms with Crippen molar-refractivity contribution in [3.05, 3.63) is 51.3 Å². The highest BCUT2D eigenvalue weighted by Crippen LogP contribution is 2.20. The largest absolute Gasteiger partial charge is 0.324 e. The number of carbonyl (C=O) groups excluding carboxylic acids is 1. The SMILES string of the molecule is Cc1ccc(Cl)cc1NC(=O)Nc1ccc(=O)[nH]n1. The van der Waals surface area contributed by atoms with E-state index in [1.165, 1.54) is 12.1 Å². The fourth-order valence-electron chi connectivity index (χ4n) is 1.41. The Kier molecular flexibility index (Phi) is 3.82. The van der Waals surface area contributed by atoms with Crippen molar-refractivity contribution in [2.45, 2.75) is 6.92 Å². The second-order valence-corrected chi connectivity index (χ2v) is 4.28. The normalized spacial score (nSPS) is 10.0. The van der Waals surface area contributed by atoms with E-state index in [2.05, 4.69) is 20.8 Å². The lowest BCUT2D eigenvalue weighted by Gasteiger charge is -2.09. The Labute approximate surface area is 113 Å². The van der Waals surface area contributed by atoms with Gasteiger partial charge in [-0.05, 0) is 30.7 Å². The summed E-state index contributed by atoms with van der Waals surface area (Å²) in [5, 5.41) is 11.6. The van der Waals surface area contributed by atoms with Gasteiger partial charge in [-0.3, -0.25) is 10.1 Å². The van der Waals surface area contributed by atoms with E-state index in [-0.39, 0.29) is 11.4 Å². The first-order chi connectivity index (χ1) is 9.04. The Bertz CT molecular complexity index is 649. The molecule has 3 N–H and O–H groups in total. The molecule has 0 fully saturated rings. The van der Waals surface area contributed by atoms with E-state index >= 15 is 0 Å². The maximum Gasteiger partial charge on any atom is 0.324 e. The Balaban J connectivity index is 2.07. The van der Waals surface area contributed by atoms with Crippen LogP contribution in [0.5, 0.6) is 0 Å². The molecule has 0 atom stereocenters. The van der Waals surface area contributed by atoms with Gasteiger partial charge >= 0.3 is 6.03 Å². The van der Waals surface area contributed by atoms with E-state index in [4.69, 9.17) is 11.6 Å². The molecule has 0 radical (unpaired) electrons. The van der Waals surface area contributed by atoms with Gasteiger partial charge in [0.05, 0.1) is 0 Å². The van der Waals surface area contributed by atoms with Gasteiger partial charge in [-0.15, -0.1) is 0 Å². The number of anilines is 2. The summed E-state index contributed by atoms with van der Waals surface area (Å²) in [6.07, 6.45) is 0. The van der Waals surface area contributed by atoms with Gasteiger partial charge < -0.3 is 5.32 Å². The molecule has 0 aliphatic rings. The monoisotopic (exact) mass is 278 g/mol. The van der Waals surface area contributed by atoms with Crippen LogP contribution in [0.25, 0.3) is 0 Å². The zero-order valence-corrected chi connectivity index (χ0v) is 10.8. The number of aromatic nitrogens is 2. The third-order valence-corrected chi connectivity index (χ3v) is 2.60. The number of hydrogen-bond donors (Lipinski definition) is 3. The van der Waals surface area contributed by atoms with Gasteiger partial charge in [-0.25, -0.2) is 9.89 Å². The molecule has 7 heteroatoms. The summed E-state index contributed by atoms with van der Waals surface area (Å²) in [6.45, 7) is 1.85. The van der Waals surface area contributed by atoms with Crippen LogP contribution in [-0.4, -0.2) is 16.2 Å². The molecule has 0 aliphatic carbocycles. The number of hydrogen-bond acceptors (Lipinski definition) is 3. The van der Waals surface area contributed by atoms with Crippen molar-refractivity contribution < 1.29 is 4.79 Å². The van der Waals surface area contributed by atoms with Crippen LogP contribution in [0, 0.1) is 6.92 Å². The van der Waals surface area contributed by atoms with Gasteiger partial charge in [-0.2, -0.15) is 5.10 Å². The molecule has 0 unspecified atom stereocenters. The number of nitrogens with one attached hydrogen (secondary N) is 3. The molecule has 6 nitrogen and oxygen atoms in total. The van der Waals surface area contributed by atoms with Crippen molar-refractivity contribution in [1.82, 2.24) is 10.2 Å². The number of aryl methyl sites for hydroxylation is 1. The number of H-pyrrole nitrogens is 1. The molecule has 2 amide bonds. The van der Waals surface area contributed by atoms with Crippen LogP contribution in [0.4, 0.5) is 16.3 Å². The molecule has 1 heterocycles. The highest BCUT2D eigenvalue weighted by molar-refractivity contribution is 6.31. The van der Waals surface area contributed by atoms with E-state index < -0.39 is 6.03 Å². The Morgan fingerprint density at radius 1 is 1.26 bits per heavy atom. The van der Waals surface area contributed by atoms with E-state index in [1.807, 2.05) is 6.92 Å². The number of nitrogens with zero attached hydrogens (tertiary/aromatic N) is 1. The molecule has 19 heavy (non-hydrogen) atoms. The average Bonchev–Trinajstić information content (AvgIpc) is 2.37. The third-order valence-electron chi connectivity index (χ3n) is 2.37. The standard InChI is InChI=1S/C12H11ClN4O2/c1-7-2-3-8(13)6-9(7)14-12(19)15-10-4-5-11(18)17-16-10/h2-6H,1H3,(H,17,18)(H2,14,15,16,19). The molecule has 0 aliphatic heterocycles. The molecule has 1 aromatic heterocycles. The van der Waals surface area contributed by atoms with E-state index in [9.17, 15) is 9.59 Å². The minimum atomic E-state index is -0.468. The summed E-state index contributed by atoms with van der Waals surface area (Å²) in [6, 6.07) is 7.40. The van der Waals surface area contributed by atoms with Crippen molar-refractivity contribution in [2.24, 2.45) is 0 Å². The molecule has 2 rings (SSSR count). The van der Waals surface area contributed by atoms with E-state index in [0.717, 1.165) is 5.56 Å². The summed E-state index contributed by atoms with van der Waals surface area (Å²) < 4.78 is 0. The Morgan fingerprint density at radius 2 is 2.05 bits per heavy atom. The van der Waals surface area contributed by atoms with Crippen LogP contribution in [0.1, 0.15) is 5.56 Å². The maximum atomic E-state index is 11.7. The number of carbonyl (C=O) groups is 1. The molecule has 0 spiro atoms. The first kappa shape index (κ1) is 13.1. The van der Waals surface area contributed by atoms with Gasteiger partial charge in [0.1, 0.15) is 0 Å². The number of aromatic amines is 1. The zero-order chi connectivity index (χ0) is 13.8. The Hall–Kier alpha value is -2.34. The van der Waals surface area contributed by atoms with Crippen molar-refractivity contribution >= 4 is 29.1 Å². The molecule has 1 aromatic carbocycles. The van der Waals surface area contributed by atoms with Crippen LogP contribution in [-0.2, 0) is 0 Å². The molecule has 0 bridgehead atoms. The predicted molar refractivity (Wildman–Crippen MR) is 73.7 cm³/mol. The summed E-state index contributed by atoms with van der Waals surface area (Å²) in [4.78, 5) is 22.6. The quantitative estimate of drug-likeness (QED) is 0.788. The van der Waals surface area contributed by atoms with Gasteiger partial charge in [0.15, 0.2) is 5.82 Å². The summed E-state index contributed by atoms with van der Waals surface area (Å²) in [5.74, 6) is 0.247. The van der Waals surface area contributed by atoms with Crippen LogP contribution in [0.15, 0.2) is 35.1 Å². The summed E-state index contributed by atoms with van der Waals surface area (Å²) in [5.41, 5.74) is 1.15. The van der Waals surface area contributed by atoms with Crippen molar-refractivity contribution in [1.29, 1.82) is 0 Å². The first-order valence-electron chi connectivity index (χ1n) is 5.44. The first-order valence-corrected chi connectivity index (χ1v) is 5.82. The van der Waals surface area contributed by atoms with Gasteiger partial charge in [0, 0.05) is 16.8 Å². The maximum absolute atomic E-state index is 11.7. The molecule has 98 valence electrons. The zero-order valence-electron chi connectivity index (χ0n) is 10.0. The van der Waals surface area contributed by atoms with Crippen molar-refractivity contribution in [2.75, 3.05) is 10.6 Å². The lowest BCUT2D eigenvalue weighted by Crippen LogP contribution is -2.21. The van der Waals surface area contributed by atoms with Crippen LogP contribution in [0.2, 0.25) is 5.02 Å². The van der Waals surface area contributed by atoms with Crippen LogP contribution < -0.4 is 16.2 Å². The summed E-state index contributed by atoms with van der Waals surface area (Å²) in [7, 11) is 0. The molecular formula is C12H11ClN4O2. The topological polar surface area (TPSA) is 86.9 Å². The lowest BCUT2D eigenvalue weighted by molar-refractivity contribution is 0.262. The lowest BCUT2D eigenvalue weighted by atomic mass is 10.2. The molecule has 0 saturated heterocycles. The number of benzene rings is 1. The molecule has 2 aromatic rings.